The van der Waals surface area contributed by atoms with E-state index in [1.54, 1.807) is 19.1 Å². The van der Waals surface area contributed by atoms with Gasteiger partial charge in [0.15, 0.2) is 0 Å². The van der Waals surface area contributed by atoms with Gasteiger partial charge in [-0.3, -0.25) is 14.9 Å². The average Bonchev–Trinajstić information content (AvgIpc) is 2.59. The Bertz CT molecular complexity index is 1060. The van der Waals surface area contributed by atoms with Crippen molar-refractivity contribution in [1.29, 1.82) is 0 Å². The first-order valence-electron chi connectivity index (χ1n) is 7.90. The zero-order chi connectivity index (χ0) is 21.2. The molecule has 0 spiro atoms. The van der Waals surface area contributed by atoms with Gasteiger partial charge in [-0.15, -0.1) is 0 Å². The highest BCUT2D eigenvalue weighted by Gasteiger charge is 2.27. The number of aryl methyl sites for hydroxylation is 1. The Hall–Kier alpha value is -2.01. The van der Waals surface area contributed by atoms with E-state index in [4.69, 9.17) is 11.6 Å². The maximum absolute atomic E-state index is 12.7. The molecule has 150 valence electrons. The molecule has 28 heavy (non-hydrogen) atoms. The lowest BCUT2D eigenvalue weighted by atomic mass is 10.2. The van der Waals surface area contributed by atoms with Crippen LogP contribution in [-0.4, -0.2) is 37.1 Å². The fourth-order valence-corrected chi connectivity index (χ4v) is 4.33. The standard InChI is InChI=1S/C17H17BrClN3O5S/c1-10-6-12(18)4-5-15(10)20-17(23)9-21(3)28(26,27)13-7-14(19)11(2)16(8-13)22(24)25/h4-8H,9H2,1-3H3,(H,20,23). The van der Waals surface area contributed by atoms with Gasteiger partial charge in [0.1, 0.15) is 0 Å². The molecule has 0 atom stereocenters. The summed E-state index contributed by atoms with van der Waals surface area (Å²) in [6, 6.07) is 7.31. The van der Waals surface area contributed by atoms with Crippen molar-refractivity contribution in [2.45, 2.75) is 18.7 Å². The van der Waals surface area contributed by atoms with Crippen LogP contribution in [0.4, 0.5) is 11.4 Å². The number of nitrogens with zero attached hydrogens (tertiary/aromatic N) is 2. The Morgan fingerprint density at radius 2 is 1.93 bits per heavy atom. The monoisotopic (exact) mass is 489 g/mol. The first kappa shape index (κ1) is 22.3. The first-order valence-corrected chi connectivity index (χ1v) is 10.5. The Morgan fingerprint density at radius 1 is 1.29 bits per heavy atom. The van der Waals surface area contributed by atoms with Gasteiger partial charge >= 0.3 is 0 Å². The number of likely N-dealkylation sites (N-methyl/N-ethyl adjacent to an activating group) is 1. The van der Waals surface area contributed by atoms with Crippen LogP contribution < -0.4 is 5.32 Å². The fraction of sp³-hybridized carbons (Fsp3) is 0.235. The lowest BCUT2D eigenvalue weighted by Crippen LogP contribution is -2.35. The minimum Gasteiger partial charge on any atom is -0.325 e. The molecule has 0 radical (unpaired) electrons. The summed E-state index contributed by atoms with van der Waals surface area (Å²) < 4.78 is 27.1. The number of hydrogen-bond acceptors (Lipinski definition) is 5. The van der Waals surface area contributed by atoms with Crippen LogP contribution in [0.2, 0.25) is 5.02 Å². The quantitative estimate of drug-likeness (QED) is 0.488. The van der Waals surface area contributed by atoms with Crippen LogP contribution in [0.15, 0.2) is 39.7 Å². The summed E-state index contributed by atoms with van der Waals surface area (Å²) in [6.45, 7) is 2.75. The molecule has 0 aliphatic heterocycles. The lowest BCUT2D eigenvalue weighted by Gasteiger charge is -2.18. The van der Waals surface area contributed by atoms with Gasteiger partial charge in [0.2, 0.25) is 15.9 Å². The van der Waals surface area contributed by atoms with Crippen molar-refractivity contribution in [1.82, 2.24) is 4.31 Å². The van der Waals surface area contributed by atoms with Crippen molar-refractivity contribution < 1.29 is 18.1 Å². The van der Waals surface area contributed by atoms with E-state index < -0.39 is 33.1 Å². The zero-order valence-electron chi connectivity index (χ0n) is 15.2. The molecule has 0 saturated heterocycles. The fourth-order valence-electron chi connectivity index (χ4n) is 2.40. The third kappa shape index (κ3) is 4.88. The molecule has 11 heteroatoms. The molecule has 0 heterocycles. The van der Waals surface area contributed by atoms with Gasteiger partial charge in [0.25, 0.3) is 5.69 Å². The SMILES string of the molecule is Cc1cc(Br)ccc1NC(=O)CN(C)S(=O)(=O)c1cc(Cl)c(C)c([N+](=O)[O-])c1. The number of benzene rings is 2. The highest BCUT2D eigenvalue weighted by atomic mass is 79.9. The molecule has 1 N–H and O–H groups in total. The summed E-state index contributed by atoms with van der Waals surface area (Å²) in [5.74, 6) is -0.552. The molecule has 8 nitrogen and oxygen atoms in total. The summed E-state index contributed by atoms with van der Waals surface area (Å²) >= 11 is 9.27. The second kappa shape index (κ2) is 8.56. The van der Waals surface area contributed by atoms with Crippen LogP contribution in [0.1, 0.15) is 11.1 Å². The van der Waals surface area contributed by atoms with Crippen molar-refractivity contribution in [3.8, 4) is 0 Å². The van der Waals surface area contributed by atoms with E-state index in [-0.39, 0.29) is 15.5 Å². The predicted octanol–water partition coefficient (Wildman–Crippen LogP) is 3.89. The first-order chi connectivity index (χ1) is 12.9. The van der Waals surface area contributed by atoms with E-state index in [1.165, 1.54) is 14.0 Å². The van der Waals surface area contributed by atoms with Crippen LogP contribution in [-0.2, 0) is 14.8 Å². The molecule has 1 amide bonds. The molecule has 0 unspecified atom stereocenters. The number of anilines is 1. The Morgan fingerprint density at radius 3 is 2.50 bits per heavy atom. The predicted molar refractivity (Wildman–Crippen MR) is 110 cm³/mol. The van der Waals surface area contributed by atoms with Gasteiger partial charge in [-0.25, -0.2) is 8.42 Å². The minimum absolute atomic E-state index is 0.0453. The summed E-state index contributed by atoms with van der Waals surface area (Å²) in [5, 5.41) is 13.7. The summed E-state index contributed by atoms with van der Waals surface area (Å²) in [6.07, 6.45) is 0. The molecular formula is C17H17BrClN3O5S. The Kier molecular flexibility index (Phi) is 6.81. The van der Waals surface area contributed by atoms with Crippen LogP contribution >= 0.6 is 27.5 Å². The van der Waals surface area contributed by atoms with E-state index in [0.29, 0.717) is 5.69 Å². The highest BCUT2D eigenvalue weighted by Crippen LogP contribution is 2.30. The zero-order valence-corrected chi connectivity index (χ0v) is 18.4. The number of carbonyl (C=O) groups excluding carboxylic acids is 1. The normalized spacial score (nSPS) is 11.5. The second-order valence-corrected chi connectivity index (χ2v) is 9.44. The molecule has 0 bridgehead atoms. The summed E-state index contributed by atoms with van der Waals surface area (Å²) in [5.41, 5.74) is 1.10. The van der Waals surface area contributed by atoms with E-state index >= 15 is 0 Å². The third-order valence-electron chi connectivity index (χ3n) is 4.02. The Labute approximate surface area is 175 Å². The van der Waals surface area contributed by atoms with Crippen LogP contribution in [0.3, 0.4) is 0 Å². The smallest absolute Gasteiger partial charge is 0.275 e. The average molecular weight is 491 g/mol. The molecule has 0 saturated carbocycles. The molecule has 0 aliphatic rings. The molecule has 2 aromatic carbocycles. The maximum Gasteiger partial charge on any atom is 0.275 e. The maximum atomic E-state index is 12.7. The molecule has 2 aromatic rings. The number of sulfonamides is 1. The number of halogens is 2. The number of rotatable bonds is 6. The van der Waals surface area contributed by atoms with Crippen molar-refractivity contribution in [2.24, 2.45) is 0 Å². The van der Waals surface area contributed by atoms with E-state index in [0.717, 1.165) is 26.5 Å². The molecule has 2 rings (SSSR count). The number of nitrogens with one attached hydrogen (secondary N) is 1. The van der Waals surface area contributed by atoms with Crippen LogP contribution in [0.5, 0.6) is 0 Å². The van der Waals surface area contributed by atoms with Gasteiger partial charge in [0.05, 0.1) is 21.4 Å². The van der Waals surface area contributed by atoms with E-state index in [2.05, 4.69) is 21.2 Å². The number of hydrogen-bond donors (Lipinski definition) is 1. The molecular weight excluding hydrogens is 474 g/mol. The third-order valence-corrected chi connectivity index (χ3v) is 6.69. The van der Waals surface area contributed by atoms with Crippen LogP contribution in [0.25, 0.3) is 0 Å². The minimum atomic E-state index is -4.16. The van der Waals surface area contributed by atoms with E-state index in [1.807, 2.05) is 6.07 Å². The second-order valence-electron chi connectivity index (χ2n) is 6.07. The Balaban J connectivity index is 2.24. The highest BCUT2D eigenvalue weighted by molar-refractivity contribution is 9.10. The van der Waals surface area contributed by atoms with Crippen molar-refractivity contribution in [3.05, 3.63) is 61.1 Å². The van der Waals surface area contributed by atoms with Gasteiger partial charge in [0, 0.05) is 28.8 Å². The number of nitro groups is 1. The van der Waals surface area contributed by atoms with Gasteiger partial charge in [-0.1, -0.05) is 27.5 Å². The number of amides is 1. The number of carbonyl (C=O) groups is 1. The van der Waals surface area contributed by atoms with E-state index in [9.17, 15) is 23.3 Å². The van der Waals surface area contributed by atoms with Crippen LogP contribution in [0, 0.1) is 24.0 Å². The van der Waals surface area contributed by atoms with Crippen molar-refractivity contribution >= 4 is 54.8 Å². The molecule has 0 aliphatic carbocycles. The van der Waals surface area contributed by atoms with Crippen molar-refractivity contribution in [3.63, 3.8) is 0 Å². The summed E-state index contributed by atoms with van der Waals surface area (Å²) in [7, 11) is -2.95. The lowest BCUT2D eigenvalue weighted by molar-refractivity contribution is -0.385. The largest absolute Gasteiger partial charge is 0.325 e. The van der Waals surface area contributed by atoms with Gasteiger partial charge in [-0.2, -0.15) is 4.31 Å². The van der Waals surface area contributed by atoms with Gasteiger partial charge in [-0.05, 0) is 43.7 Å². The molecule has 0 aromatic heterocycles. The summed E-state index contributed by atoms with van der Waals surface area (Å²) in [4.78, 5) is 22.3. The van der Waals surface area contributed by atoms with Gasteiger partial charge < -0.3 is 5.32 Å². The number of nitro benzene ring substituents is 1. The molecule has 0 fully saturated rings. The van der Waals surface area contributed by atoms with Crippen molar-refractivity contribution in [2.75, 3.05) is 18.9 Å². The topological polar surface area (TPSA) is 110 Å².